The van der Waals surface area contributed by atoms with E-state index in [2.05, 4.69) is 23.6 Å². The predicted octanol–water partition coefficient (Wildman–Crippen LogP) is 3.12. The Morgan fingerprint density at radius 3 is 2.17 bits per heavy atom. The number of fused-ring (bicyclic) bond motifs is 5. The van der Waals surface area contributed by atoms with Crippen molar-refractivity contribution in [3.05, 3.63) is 0 Å². The van der Waals surface area contributed by atoms with Crippen molar-refractivity contribution in [2.75, 3.05) is 39.3 Å². The predicted molar refractivity (Wildman–Crippen MR) is 115 cm³/mol. The zero-order valence-electron chi connectivity index (χ0n) is 18.7. The van der Waals surface area contributed by atoms with E-state index in [0.717, 1.165) is 44.2 Å². The van der Waals surface area contributed by atoms with Gasteiger partial charge in [-0.15, -0.1) is 0 Å². The summed E-state index contributed by atoms with van der Waals surface area (Å²) in [6, 6.07) is 0. The molecule has 0 unspecified atom stereocenters. The highest BCUT2D eigenvalue weighted by Gasteiger charge is 2.65. The Bertz CT molecular complexity index is 678. The summed E-state index contributed by atoms with van der Waals surface area (Å²) in [5.41, 5.74) is -0.351. The summed E-state index contributed by atoms with van der Waals surface area (Å²) >= 11 is 0. The molecule has 0 amide bonds. The van der Waals surface area contributed by atoms with Crippen LogP contribution >= 0.6 is 0 Å². The van der Waals surface area contributed by atoms with E-state index in [0.29, 0.717) is 17.3 Å². The molecular formula is C25H42N2O2. The first-order valence-electron chi connectivity index (χ1n) is 12.6. The molecule has 0 radical (unpaired) electrons. The van der Waals surface area contributed by atoms with E-state index in [4.69, 9.17) is 0 Å². The van der Waals surface area contributed by atoms with Crippen LogP contribution in [0.2, 0.25) is 0 Å². The standard InChI is InChI=1S/C25H42N2O2/c1-22-9-10-24(28,16-26-11-12-26)15-18(22)3-4-19-20(22)5-7-23(2)21(19)6-8-25(23,29)17-27-13-14-27/h18-21,28-29H,3-17H2,1-2H3/t18-,19-,20+,21+,22+,23+,24+,25-/m1/s1. The molecule has 0 bridgehead atoms. The van der Waals surface area contributed by atoms with Crippen molar-refractivity contribution >= 4 is 0 Å². The minimum absolute atomic E-state index is 0.120. The molecule has 6 rings (SSSR count). The van der Waals surface area contributed by atoms with Gasteiger partial charge < -0.3 is 10.2 Å². The molecule has 8 atom stereocenters. The molecule has 4 nitrogen and oxygen atoms in total. The molecule has 0 spiro atoms. The van der Waals surface area contributed by atoms with Gasteiger partial charge in [-0.25, -0.2) is 0 Å². The normalized spacial score (nSPS) is 57.1. The van der Waals surface area contributed by atoms with E-state index in [1.807, 2.05) is 0 Å². The second-order valence-corrected chi connectivity index (χ2v) is 12.7. The molecule has 2 aliphatic heterocycles. The molecular weight excluding hydrogens is 360 g/mol. The van der Waals surface area contributed by atoms with Crippen LogP contribution < -0.4 is 0 Å². The minimum Gasteiger partial charge on any atom is -0.389 e. The van der Waals surface area contributed by atoms with Gasteiger partial charge in [-0.2, -0.15) is 0 Å². The topological polar surface area (TPSA) is 46.5 Å². The lowest BCUT2D eigenvalue weighted by molar-refractivity contribution is -0.172. The second kappa shape index (κ2) is 6.21. The van der Waals surface area contributed by atoms with Crippen LogP contribution in [-0.2, 0) is 0 Å². The van der Waals surface area contributed by atoms with Crippen molar-refractivity contribution in [2.45, 2.75) is 82.8 Å². The lowest BCUT2D eigenvalue weighted by Crippen LogP contribution is -2.59. The molecule has 4 saturated carbocycles. The Morgan fingerprint density at radius 2 is 1.45 bits per heavy atom. The highest BCUT2D eigenvalue weighted by molar-refractivity contribution is 5.16. The Morgan fingerprint density at radius 1 is 0.759 bits per heavy atom. The number of nitrogens with zero attached hydrogens (tertiary/aromatic N) is 2. The van der Waals surface area contributed by atoms with Gasteiger partial charge in [0, 0.05) is 44.7 Å². The monoisotopic (exact) mass is 402 g/mol. The molecule has 0 aromatic carbocycles. The first-order valence-corrected chi connectivity index (χ1v) is 12.6. The maximum Gasteiger partial charge on any atom is 0.0830 e. The Hall–Kier alpha value is -0.160. The highest BCUT2D eigenvalue weighted by atomic mass is 16.3. The molecule has 6 fully saturated rings. The number of hydrogen-bond donors (Lipinski definition) is 2. The van der Waals surface area contributed by atoms with Gasteiger partial charge in [0.05, 0.1) is 11.2 Å². The molecule has 0 aromatic heterocycles. The summed E-state index contributed by atoms with van der Waals surface area (Å²) in [5, 5.41) is 23.0. The van der Waals surface area contributed by atoms with E-state index in [9.17, 15) is 10.2 Å². The van der Waals surface area contributed by atoms with Crippen LogP contribution in [0, 0.1) is 34.5 Å². The van der Waals surface area contributed by atoms with Crippen LogP contribution in [0.15, 0.2) is 0 Å². The molecule has 2 heterocycles. The van der Waals surface area contributed by atoms with Gasteiger partial charge in [-0.05, 0) is 86.9 Å². The smallest absolute Gasteiger partial charge is 0.0830 e. The van der Waals surface area contributed by atoms with Crippen molar-refractivity contribution in [1.82, 2.24) is 9.80 Å². The summed E-state index contributed by atoms with van der Waals surface area (Å²) in [5.74, 6) is 3.03. The maximum absolute atomic E-state index is 11.7. The van der Waals surface area contributed by atoms with E-state index < -0.39 is 11.2 Å². The quantitative estimate of drug-likeness (QED) is 0.710. The fourth-order valence-corrected chi connectivity index (χ4v) is 9.08. The van der Waals surface area contributed by atoms with E-state index >= 15 is 0 Å². The Labute approximate surface area is 177 Å². The van der Waals surface area contributed by atoms with Gasteiger partial charge >= 0.3 is 0 Å². The van der Waals surface area contributed by atoms with Crippen molar-refractivity contribution in [3.63, 3.8) is 0 Å². The first kappa shape index (κ1) is 19.5. The average Bonchev–Trinajstić information content (AvgIpc) is 3.59. The van der Waals surface area contributed by atoms with Gasteiger partial charge in [0.2, 0.25) is 0 Å². The first-order chi connectivity index (χ1) is 13.7. The number of hydrogen-bond acceptors (Lipinski definition) is 4. The largest absolute Gasteiger partial charge is 0.389 e. The molecule has 0 aromatic rings. The SMILES string of the molecule is C[C@]12CC[C@@](O)(CN3CC3)C[C@H]1CC[C@@H]1[C@@H]2CC[C@@]2(C)[C@H]1CC[C@@]2(O)CN1CC1. The summed E-state index contributed by atoms with van der Waals surface area (Å²) in [4.78, 5) is 4.85. The van der Waals surface area contributed by atoms with Crippen LogP contribution in [0.25, 0.3) is 0 Å². The van der Waals surface area contributed by atoms with E-state index in [1.165, 1.54) is 64.7 Å². The highest BCUT2D eigenvalue weighted by Crippen LogP contribution is 2.68. The Kier molecular flexibility index (Phi) is 4.18. The third-order valence-corrected chi connectivity index (χ3v) is 11.2. The van der Waals surface area contributed by atoms with Crippen molar-refractivity contribution in [3.8, 4) is 0 Å². The molecule has 4 aliphatic carbocycles. The van der Waals surface area contributed by atoms with Crippen molar-refractivity contribution in [1.29, 1.82) is 0 Å². The molecule has 6 aliphatic rings. The third kappa shape index (κ3) is 2.92. The summed E-state index contributed by atoms with van der Waals surface area (Å²) in [6.07, 6.45) is 10.7. The van der Waals surface area contributed by atoms with Gasteiger partial charge in [-0.1, -0.05) is 13.8 Å². The fourth-order valence-electron chi connectivity index (χ4n) is 9.08. The van der Waals surface area contributed by atoms with Crippen LogP contribution in [0.1, 0.15) is 71.6 Å². The molecule has 164 valence electrons. The Balaban J connectivity index is 1.22. The lowest BCUT2D eigenvalue weighted by atomic mass is 9.43. The summed E-state index contributed by atoms with van der Waals surface area (Å²) in [6.45, 7) is 11.6. The van der Waals surface area contributed by atoms with Crippen LogP contribution in [0.5, 0.6) is 0 Å². The number of rotatable bonds is 4. The molecule has 2 saturated heterocycles. The molecule has 2 N–H and O–H groups in total. The van der Waals surface area contributed by atoms with Crippen molar-refractivity contribution < 1.29 is 10.2 Å². The molecule has 4 heteroatoms. The van der Waals surface area contributed by atoms with Gasteiger partial charge in [-0.3, -0.25) is 9.80 Å². The third-order valence-electron chi connectivity index (χ3n) is 11.2. The molecule has 29 heavy (non-hydrogen) atoms. The van der Waals surface area contributed by atoms with Crippen LogP contribution in [-0.4, -0.2) is 70.5 Å². The van der Waals surface area contributed by atoms with Crippen molar-refractivity contribution in [2.24, 2.45) is 34.5 Å². The zero-order chi connectivity index (χ0) is 20.1. The lowest BCUT2D eigenvalue weighted by Gasteiger charge is -2.62. The zero-order valence-corrected chi connectivity index (χ0v) is 18.7. The van der Waals surface area contributed by atoms with Gasteiger partial charge in [0.1, 0.15) is 0 Å². The number of β-amino-alcohol motifs (C(OH)–C–C–N with tert-alkyl or cyclic N) is 2. The van der Waals surface area contributed by atoms with Gasteiger partial charge in [0.15, 0.2) is 0 Å². The maximum atomic E-state index is 11.7. The summed E-state index contributed by atoms with van der Waals surface area (Å²) < 4.78 is 0. The summed E-state index contributed by atoms with van der Waals surface area (Å²) in [7, 11) is 0. The number of aliphatic hydroxyl groups is 2. The average molecular weight is 403 g/mol. The van der Waals surface area contributed by atoms with Crippen LogP contribution in [0.3, 0.4) is 0 Å². The second-order valence-electron chi connectivity index (χ2n) is 12.7. The fraction of sp³-hybridized carbons (Fsp3) is 1.00. The van der Waals surface area contributed by atoms with E-state index in [1.54, 1.807) is 0 Å². The van der Waals surface area contributed by atoms with Gasteiger partial charge in [0.25, 0.3) is 0 Å². The minimum atomic E-state index is -0.456. The van der Waals surface area contributed by atoms with E-state index in [-0.39, 0.29) is 5.41 Å². The van der Waals surface area contributed by atoms with Crippen LogP contribution in [0.4, 0.5) is 0 Å².